The number of amides is 1. The van der Waals surface area contributed by atoms with Gasteiger partial charge in [-0.3, -0.25) is 4.79 Å². The van der Waals surface area contributed by atoms with Crippen LogP contribution in [-0.2, 0) is 0 Å². The normalized spacial score (nSPS) is 18.7. The zero-order valence-corrected chi connectivity index (χ0v) is 25.3. The van der Waals surface area contributed by atoms with Gasteiger partial charge < -0.3 is 25.3 Å². The number of fused-ring (bicyclic) bond motifs is 1. The number of phenolic OH excluding ortho intramolecular Hbond substituents is 1. The van der Waals surface area contributed by atoms with Gasteiger partial charge in [-0.05, 0) is 85.7 Å². The minimum Gasteiger partial charge on any atom is -0.507 e. The van der Waals surface area contributed by atoms with Gasteiger partial charge in [-0.1, -0.05) is 30.3 Å². The van der Waals surface area contributed by atoms with Crippen LogP contribution in [0.2, 0.25) is 0 Å². The molecular formula is C35H36FN7O3. The number of imidazole rings is 1. The van der Waals surface area contributed by atoms with Gasteiger partial charge in [-0.25, -0.2) is 18.9 Å². The van der Waals surface area contributed by atoms with E-state index >= 15 is 0 Å². The van der Waals surface area contributed by atoms with Crippen LogP contribution in [0.15, 0.2) is 85.1 Å². The Bertz CT molecular complexity index is 1860. The number of pyridine rings is 1. The topological polar surface area (TPSA) is 119 Å². The first kappa shape index (κ1) is 29.7. The van der Waals surface area contributed by atoms with Crippen molar-refractivity contribution in [3.05, 3.63) is 102 Å². The van der Waals surface area contributed by atoms with Crippen molar-refractivity contribution in [2.45, 2.75) is 37.8 Å². The highest BCUT2D eigenvalue weighted by Gasteiger charge is 2.29. The van der Waals surface area contributed by atoms with E-state index in [0.29, 0.717) is 6.42 Å². The molecule has 2 fully saturated rings. The summed E-state index contributed by atoms with van der Waals surface area (Å²) in [5.41, 5.74) is 3.40. The van der Waals surface area contributed by atoms with E-state index in [4.69, 9.17) is 10.1 Å². The highest BCUT2D eigenvalue weighted by Crippen LogP contribution is 2.36. The third kappa shape index (κ3) is 6.10. The fourth-order valence-corrected chi connectivity index (χ4v) is 6.71. The molecule has 5 heterocycles. The van der Waals surface area contributed by atoms with Gasteiger partial charge in [0.05, 0.1) is 29.6 Å². The summed E-state index contributed by atoms with van der Waals surface area (Å²) in [6.07, 6.45) is 4.47. The number of benzene rings is 2. The molecule has 0 radical (unpaired) electrons. The molecular weight excluding hydrogens is 585 g/mol. The molecule has 0 spiro atoms. The predicted molar refractivity (Wildman–Crippen MR) is 173 cm³/mol. The summed E-state index contributed by atoms with van der Waals surface area (Å²) in [5.74, 6) is 1.18. The maximum Gasteiger partial charge on any atom is 0.255 e. The van der Waals surface area contributed by atoms with Crippen molar-refractivity contribution in [3.63, 3.8) is 0 Å². The Hall–Kier alpha value is -5.03. The molecule has 3 aromatic heterocycles. The van der Waals surface area contributed by atoms with Crippen LogP contribution in [0.1, 0.15) is 47.6 Å². The van der Waals surface area contributed by atoms with Gasteiger partial charge in [0, 0.05) is 26.2 Å². The van der Waals surface area contributed by atoms with E-state index in [9.17, 15) is 19.4 Å². The molecule has 1 amide bonds. The van der Waals surface area contributed by atoms with Crippen molar-refractivity contribution >= 4 is 23.2 Å². The number of phenols is 1. The van der Waals surface area contributed by atoms with Crippen molar-refractivity contribution in [3.8, 4) is 17.1 Å². The minimum absolute atomic E-state index is 0.0595. The van der Waals surface area contributed by atoms with E-state index in [2.05, 4.69) is 20.1 Å². The van der Waals surface area contributed by atoms with Crippen molar-refractivity contribution in [2.24, 2.45) is 5.92 Å². The Kier molecular flexibility index (Phi) is 8.23. The molecule has 11 heteroatoms. The number of nitrogens with one attached hydrogen (secondary N) is 1. The van der Waals surface area contributed by atoms with Crippen molar-refractivity contribution < 1.29 is 19.4 Å². The average molecular weight is 622 g/mol. The van der Waals surface area contributed by atoms with Gasteiger partial charge in [-0.15, -0.1) is 5.10 Å². The third-order valence-electron chi connectivity index (χ3n) is 8.99. The largest absolute Gasteiger partial charge is 0.507 e. The average Bonchev–Trinajstić information content (AvgIpc) is 3.84. The number of aromatic nitrogens is 4. The van der Waals surface area contributed by atoms with Crippen LogP contribution in [0.25, 0.3) is 17.0 Å². The number of carbonyl (C=O) groups excluding carboxylic acids is 1. The molecule has 236 valence electrons. The lowest BCUT2D eigenvalue weighted by Crippen LogP contribution is -2.33. The summed E-state index contributed by atoms with van der Waals surface area (Å²) in [5, 5.41) is 28.3. The molecule has 0 bridgehead atoms. The summed E-state index contributed by atoms with van der Waals surface area (Å²) >= 11 is 0. The number of halogens is 1. The summed E-state index contributed by atoms with van der Waals surface area (Å²) in [7, 11) is 0. The van der Waals surface area contributed by atoms with Crippen molar-refractivity contribution in [2.75, 3.05) is 36.0 Å². The second-order valence-electron chi connectivity index (χ2n) is 12.1. The van der Waals surface area contributed by atoms with Crippen LogP contribution in [-0.4, -0.2) is 68.0 Å². The van der Waals surface area contributed by atoms with Crippen molar-refractivity contribution in [1.29, 1.82) is 0 Å². The van der Waals surface area contributed by atoms with Gasteiger partial charge in [0.1, 0.15) is 28.9 Å². The molecule has 2 aliphatic rings. The van der Waals surface area contributed by atoms with Crippen LogP contribution >= 0.6 is 0 Å². The van der Waals surface area contributed by atoms with E-state index in [1.807, 2.05) is 40.9 Å². The third-order valence-corrected chi connectivity index (χ3v) is 8.99. The molecule has 46 heavy (non-hydrogen) atoms. The number of rotatable bonds is 9. The maximum atomic E-state index is 14.0. The van der Waals surface area contributed by atoms with Gasteiger partial charge in [0.2, 0.25) is 0 Å². The summed E-state index contributed by atoms with van der Waals surface area (Å²) < 4.78 is 15.8. The molecule has 2 aromatic carbocycles. The minimum atomic E-state index is -0.700. The highest BCUT2D eigenvalue weighted by atomic mass is 19.1. The first-order valence-electron chi connectivity index (χ1n) is 15.8. The molecule has 0 aliphatic carbocycles. The Morgan fingerprint density at radius 2 is 1.87 bits per heavy atom. The number of aromatic hydroxyl groups is 1. The summed E-state index contributed by atoms with van der Waals surface area (Å²) in [6, 6.07) is 23.1. The van der Waals surface area contributed by atoms with Crippen LogP contribution in [0.3, 0.4) is 0 Å². The molecule has 7 rings (SSSR count). The van der Waals surface area contributed by atoms with Gasteiger partial charge in [0.15, 0.2) is 5.65 Å². The Morgan fingerprint density at radius 3 is 2.74 bits per heavy atom. The SMILES string of the molecule is O=C(NCC(O)C[C@H]1CCN(c2cccc(-c3cnc4ccc(N5CCC[C@@H]5c5cccc(F)c5)nn34)n2)C1)c1ccccc1O. The predicted octanol–water partition coefficient (Wildman–Crippen LogP) is 4.98. The first-order chi connectivity index (χ1) is 22.4. The lowest BCUT2D eigenvalue weighted by atomic mass is 10.0. The lowest BCUT2D eigenvalue weighted by Gasteiger charge is -2.26. The number of anilines is 2. The van der Waals surface area contributed by atoms with Crippen LogP contribution in [0.5, 0.6) is 5.75 Å². The van der Waals surface area contributed by atoms with Gasteiger partial charge in [0.25, 0.3) is 5.91 Å². The zero-order valence-electron chi connectivity index (χ0n) is 25.3. The molecule has 3 atom stereocenters. The van der Waals surface area contributed by atoms with E-state index < -0.39 is 12.0 Å². The first-order valence-corrected chi connectivity index (χ1v) is 15.8. The fourth-order valence-electron chi connectivity index (χ4n) is 6.71. The molecule has 5 aromatic rings. The Morgan fingerprint density at radius 1 is 1.00 bits per heavy atom. The smallest absolute Gasteiger partial charge is 0.255 e. The molecule has 0 saturated carbocycles. The van der Waals surface area contributed by atoms with Crippen LogP contribution < -0.4 is 15.1 Å². The highest BCUT2D eigenvalue weighted by molar-refractivity contribution is 5.96. The Balaban J connectivity index is 1.02. The van der Waals surface area contributed by atoms with E-state index in [0.717, 1.165) is 73.1 Å². The second kappa shape index (κ2) is 12.8. The number of para-hydroxylation sites is 1. The summed E-state index contributed by atoms with van der Waals surface area (Å²) in [6.45, 7) is 2.50. The summed E-state index contributed by atoms with van der Waals surface area (Å²) in [4.78, 5) is 26.4. The van der Waals surface area contributed by atoms with Crippen LogP contribution in [0, 0.1) is 11.7 Å². The zero-order chi connectivity index (χ0) is 31.6. The molecule has 1 unspecified atom stereocenters. The second-order valence-corrected chi connectivity index (χ2v) is 12.1. The van der Waals surface area contributed by atoms with Gasteiger partial charge >= 0.3 is 0 Å². The monoisotopic (exact) mass is 621 g/mol. The maximum absolute atomic E-state index is 14.0. The van der Waals surface area contributed by atoms with E-state index in [1.54, 1.807) is 36.5 Å². The standard InChI is InChI=1S/C35H36FN7O3/c36-25-7-3-6-24(19-25)29-10-5-16-42(29)34-14-13-32-37-21-30(43(32)40-34)28-9-4-12-33(39-28)41-17-15-23(22-41)18-26(44)20-38-35(46)27-8-1-2-11-31(27)45/h1-4,6-9,11-14,19,21,23,26,29,44-45H,5,10,15-18,20,22H2,(H,38,46)/t23-,26?,29-/m1/s1. The molecule has 10 nitrogen and oxygen atoms in total. The number of aliphatic hydroxyl groups is 1. The number of nitrogens with zero attached hydrogens (tertiary/aromatic N) is 6. The fraction of sp³-hybridized carbons (Fsp3) is 0.314. The number of hydrogen-bond donors (Lipinski definition) is 3. The number of carbonyl (C=O) groups is 1. The quantitative estimate of drug-likeness (QED) is 0.211. The number of hydrogen-bond acceptors (Lipinski definition) is 8. The Labute approximate surface area is 266 Å². The van der Waals surface area contributed by atoms with E-state index in [1.165, 1.54) is 12.1 Å². The van der Waals surface area contributed by atoms with Gasteiger partial charge in [-0.2, -0.15) is 0 Å². The molecule has 2 aliphatic heterocycles. The number of aliphatic hydroxyl groups excluding tert-OH is 1. The van der Waals surface area contributed by atoms with Crippen LogP contribution in [0.4, 0.5) is 16.0 Å². The van der Waals surface area contributed by atoms with E-state index in [-0.39, 0.29) is 35.6 Å². The van der Waals surface area contributed by atoms with Crippen molar-refractivity contribution in [1.82, 2.24) is 24.9 Å². The molecule has 3 N–H and O–H groups in total. The molecule has 2 saturated heterocycles. The lowest BCUT2D eigenvalue weighted by molar-refractivity contribution is 0.0895.